The molecule has 7 nitrogen and oxygen atoms in total. The quantitative estimate of drug-likeness (QED) is 0.739. The van der Waals surface area contributed by atoms with Crippen LogP contribution >= 0.6 is 0 Å². The molecule has 0 fully saturated rings. The number of rotatable bonds is 4. The molecular weight excluding hydrogens is 320 g/mol. The highest BCUT2D eigenvalue weighted by Gasteiger charge is 2.20. The van der Waals surface area contributed by atoms with Gasteiger partial charge in [0, 0.05) is 18.1 Å². The third-order valence-corrected chi connectivity index (χ3v) is 3.99. The van der Waals surface area contributed by atoms with Crippen molar-refractivity contribution in [2.45, 2.75) is 20.8 Å². The lowest BCUT2D eigenvalue weighted by molar-refractivity contribution is -0.119. The molecule has 0 aliphatic carbocycles. The van der Waals surface area contributed by atoms with Crippen LogP contribution in [0.1, 0.15) is 27.2 Å². The molecule has 2 aromatic heterocycles. The Morgan fingerprint density at radius 2 is 2.00 bits per heavy atom. The molecule has 1 N–H and O–H groups in total. The van der Waals surface area contributed by atoms with Crippen LogP contribution in [0.2, 0.25) is 0 Å². The van der Waals surface area contributed by atoms with Crippen molar-refractivity contribution in [3.8, 4) is 0 Å². The number of amides is 1. The van der Waals surface area contributed by atoms with Gasteiger partial charge in [-0.2, -0.15) is 5.10 Å². The van der Waals surface area contributed by atoms with Crippen molar-refractivity contribution in [1.29, 1.82) is 0 Å². The predicted molar refractivity (Wildman–Crippen MR) is 92.6 cm³/mol. The van der Waals surface area contributed by atoms with Crippen molar-refractivity contribution in [2.24, 2.45) is 0 Å². The van der Waals surface area contributed by atoms with Crippen LogP contribution in [0.3, 0.4) is 0 Å². The first-order valence-electron chi connectivity index (χ1n) is 7.80. The summed E-state index contributed by atoms with van der Waals surface area (Å²) < 4.78 is 6.64. The van der Waals surface area contributed by atoms with Gasteiger partial charge < -0.3 is 10.1 Å². The van der Waals surface area contributed by atoms with Gasteiger partial charge in [0.15, 0.2) is 12.3 Å². The van der Waals surface area contributed by atoms with Crippen LogP contribution in [-0.2, 0) is 9.53 Å². The summed E-state index contributed by atoms with van der Waals surface area (Å²) in [5, 5.41) is 6.95. The fourth-order valence-corrected chi connectivity index (χ4v) is 2.51. The van der Waals surface area contributed by atoms with Gasteiger partial charge >= 0.3 is 5.97 Å². The molecule has 3 rings (SSSR count). The lowest BCUT2D eigenvalue weighted by Gasteiger charge is -2.10. The standard InChI is InChI=1S/C18H18N4O3/c1-11-6-4-7-14(12(11)2)20-15(23)10-25-18(24)16-13(3)21-22-9-5-8-19-17(16)22/h4-9H,10H2,1-3H3,(H,20,23). The predicted octanol–water partition coefficient (Wildman–Crippen LogP) is 2.45. The van der Waals surface area contributed by atoms with Gasteiger partial charge in [0.05, 0.1) is 5.69 Å². The highest BCUT2D eigenvalue weighted by molar-refractivity contribution is 5.99. The zero-order valence-corrected chi connectivity index (χ0v) is 14.2. The number of carbonyl (C=O) groups is 2. The summed E-state index contributed by atoms with van der Waals surface area (Å²) in [4.78, 5) is 28.5. The number of nitrogens with zero attached hydrogens (tertiary/aromatic N) is 3. The summed E-state index contributed by atoms with van der Waals surface area (Å²) in [7, 11) is 0. The molecule has 0 bridgehead atoms. The SMILES string of the molecule is Cc1cccc(NC(=O)COC(=O)c2c(C)nn3cccnc23)c1C. The fourth-order valence-electron chi connectivity index (χ4n) is 2.51. The zero-order chi connectivity index (χ0) is 18.0. The Hall–Kier alpha value is -3.22. The van der Waals surface area contributed by atoms with Crippen molar-refractivity contribution in [3.05, 3.63) is 59.0 Å². The Morgan fingerprint density at radius 1 is 1.20 bits per heavy atom. The van der Waals surface area contributed by atoms with Gasteiger partial charge in [0.2, 0.25) is 0 Å². The van der Waals surface area contributed by atoms with Crippen LogP contribution in [0.5, 0.6) is 0 Å². The average Bonchev–Trinajstić information content (AvgIpc) is 2.92. The third-order valence-electron chi connectivity index (χ3n) is 3.99. The van der Waals surface area contributed by atoms with Gasteiger partial charge in [-0.3, -0.25) is 4.79 Å². The number of carbonyl (C=O) groups excluding carboxylic acids is 2. The summed E-state index contributed by atoms with van der Waals surface area (Å²) in [6.07, 6.45) is 3.26. The smallest absolute Gasteiger partial charge is 0.344 e. The topological polar surface area (TPSA) is 85.6 Å². The van der Waals surface area contributed by atoms with Crippen molar-refractivity contribution >= 4 is 23.2 Å². The Balaban J connectivity index is 1.68. The maximum absolute atomic E-state index is 12.3. The summed E-state index contributed by atoms with van der Waals surface area (Å²) in [6.45, 7) is 5.20. The van der Waals surface area contributed by atoms with Crippen LogP contribution in [0.15, 0.2) is 36.7 Å². The number of anilines is 1. The molecule has 1 aromatic carbocycles. The van der Waals surface area contributed by atoms with Crippen LogP contribution in [0.25, 0.3) is 5.65 Å². The number of benzene rings is 1. The summed E-state index contributed by atoms with van der Waals surface area (Å²) in [5.41, 5.74) is 3.92. The minimum Gasteiger partial charge on any atom is -0.452 e. The molecule has 0 aliphatic rings. The number of hydrogen-bond donors (Lipinski definition) is 1. The van der Waals surface area contributed by atoms with Gasteiger partial charge in [-0.1, -0.05) is 12.1 Å². The van der Waals surface area contributed by atoms with Crippen LogP contribution in [0.4, 0.5) is 5.69 Å². The highest BCUT2D eigenvalue weighted by Crippen LogP contribution is 2.18. The number of nitrogens with one attached hydrogen (secondary N) is 1. The molecule has 3 aromatic rings. The second-order valence-corrected chi connectivity index (χ2v) is 5.72. The minimum atomic E-state index is -0.623. The van der Waals surface area contributed by atoms with E-state index in [0.717, 1.165) is 11.1 Å². The monoisotopic (exact) mass is 338 g/mol. The molecule has 7 heteroatoms. The van der Waals surface area contributed by atoms with Crippen LogP contribution in [0, 0.1) is 20.8 Å². The average molecular weight is 338 g/mol. The first-order valence-corrected chi connectivity index (χ1v) is 7.80. The maximum atomic E-state index is 12.3. The lowest BCUT2D eigenvalue weighted by atomic mass is 10.1. The van der Waals surface area contributed by atoms with E-state index in [2.05, 4.69) is 15.4 Å². The zero-order valence-electron chi connectivity index (χ0n) is 14.2. The summed E-state index contributed by atoms with van der Waals surface area (Å²) >= 11 is 0. The lowest BCUT2D eigenvalue weighted by Crippen LogP contribution is -2.21. The van der Waals surface area contributed by atoms with E-state index in [-0.39, 0.29) is 12.2 Å². The maximum Gasteiger partial charge on any atom is 0.344 e. The third kappa shape index (κ3) is 3.35. The van der Waals surface area contributed by atoms with E-state index < -0.39 is 11.9 Å². The molecule has 0 saturated carbocycles. The second-order valence-electron chi connectivity index (χ2n) is 5.72. The molecule has 0 spiro atoms. The Labute approximate surface area is 144 Å². The van der Waals surface area contributed by atoms with E-state index in [4.69, 9.17) is 4.74 Å². The molecule has 1 amide bonds. The largest absolute Gasteiger partial charge is 0.452 e. The van der Waals surface area contributed by atoms with Crippen LogP contribution < -0.4 is 5.32 Å². The van der Waals surface area contributed by atoms with Crippen molar-refractivity contribution < 1.29 is 14.3 Å². The number of aryl methyl sites for hydroxylation is 2. The van der Waals surface area contributed by atoms with E-state index in [0.29, 0.717) is 17.0 Å². The first-order chi connectivity index (χ1) is 12.0. The van der Waals surface area contributed by atoms with Gasteiger partial charge in [-0.25, -0.2) is 14.3 Å². The van der Waals surface area contributed by atoms with Crippen LogP contribution in [-0.4, -0.2) is 33.1 Å². The number of ether oxygens (including phenoxy) is 1. The number of fused-ring (bicyclic) bond motifs is 1. The molecule has 0 atom stereocenters. The van der Waals surface area contributed by atoms with Gasteiger partial charge in [0.1, 0.15) is 5.56 Å². The summed E-state index contributed by atoms with van der Waals surface area (Å²) in [5.74, 6) is -1.02. The fraction of sp³-hybridized carbons (Fsp3) is 0.222. The normalized spacial score (nSPS) is 10.7. The van der Waals surface area contributed by atoms with Crippen molar-refractivity contribution in [1.82, 2.24) is 14.6 Å². The molecule has 0 radical (unpaired) electrons. The van der Waals surface area contributed by atoms with Gasteiger partial charge in [0.25, 0.3) is 5.91 Å². The molecule has 0 unspecified atom stereocenters. The number of hydrogen-bond acceptors (Lipinski definition) is 5. The van der Waals surface area contributed by atoms with Crippen molar-refractivity contribution in [3.63, 3.8) is 0 Å². The first kappa shape index (κ1) is 16.6. The van der Waals surface area contributed by atoms with E-state index in [1.165, 1.54) is 4.52 Å². The molecule has 0 saturated heterocycles. The van der Waals surface area contributed by atoms with E-state index in [1.54, 1.807) is 31.5 Å². The molecule has 0 aliphatic heterocycles. The van der Waals surface area contributed by atoms with Gasteiger partial charge in [-0.05, 0) is 44.0 Å². The van der Waals surface area contributed by atoms with E-state index in [9.17, 15) is 9.59 Å². The second kappa shape index (κ2) is 6.72. The minimum absolute atomic E-state index is 0.264. The molecule has 128 valence electrons. The van der Waals surface area contributed by atoms with E-state index in [1.807, 2.05) is 26.0 Å². The summed E-state index contributed by atoms with van der Waals surface area (Å²) in [6, 6.07) is 7.34. The van der Waals surface area contributed by atoms with Crippen molar-refractivity contribution in [2.75, 3.05) is 11.9 Å². The number of aromatic nitrogens is 3. The molecule has 25 heavy (non-hydrogen) atoms. The Kier molecular flexibility index (Phi) is 4.47. The van der Waals surface area contributed by atoms with Gasteiger partial charge in [-0.15, -0.1) is 0 Å². The Bertz CT molecular complexity index is 962. The highest BCUT2D eigenvalue weighted by atomic mass is 16.5. The Morgan fingerprint density at radius 3 is 2.80 bits per heavy atom. The number of esters is 1. The molecule has 2 heterocycles. The van der Waals surface area contributed by atoms with E-state index >= 15 is 0 Å². The molecular formula is C18H18N4O3.